The van der Waals surface area contributed by atoms with Gasteiger partial charge in [-0.25, -0.2) is 18.4 Å². The van der Waals surface area contributed by atoms with Gasteiger partial charge in [-0.05, 0) is 12.1 Å². The van der Waals surface area contributed by atoms with Gasteiger partial charge in [-0.3, -0.25) is 0 Å². The Labute approximate surface area is 93.5 Å². The summed E-state index contributed by atoms with van der Waals surface area (Å²) in [6.07, 6.45) is -0.713. The maximum absolute atomic E-state index is 11.1. The van der Waals surface area contributed by atoms with Crippen molar-refractivity contribution >= 4 is 16.1 Å². The minimum atomic E-state index is -3.56. The highest BCUT2D eigenvalue weighted by molar-refractivity contribution is 7.89. The molecule has 0 aliphatic heterocycles. The molecule has 0 atom stereocenters. The molecule has 1 aromatic carbocycles. The molecule has 0 aliphatic carbocycles. The van der Waals surface area contributed by atoms with Crippen molar-refractivity contribution in [2.75, 3.05) is 12.3 Å². The van der Waals surface area contributed by atoms with Crippen LogP contribution >= 0.6 is 0 Å². The second kappa shape index (κ2) is 5.47. The van der Waals surface area contributed by atoms with E-state index < -0.39 is 16.1 Å². The normalized spacial score (nSPS) is 10.8. The van der Waals surface area contributed by atoms with Gasteiger partial charge in [-0.1, -0.05) is 18.2 Å². The molecule has 0 saturated carbocycles. The van der Waals surface area contributed by atoms with E-state index in [1.54, 1.807) is 30.3 Å². The van der Waals surface area contributed by atoms with Gasteiger partial charge < -0.3 is 10.1 Å². The van der Waals surface area contributed by atoms with Crippen molar-refractivity contribution in [1.29, 1.82) is 0 Å². The van der Waals surface area contributed by atoms with Crippen molar-refractivity contribution in [3.8, 4) is 5.75 Å². The minimum Gasteiger partial charge on any atom is -0.410 e. The van der Waals surface area contributed by atoms with Crippen LogP contribution in [0.15, 0.2) is 30.3 Å². The van der Waals surface area contributed by atoms with Crippen LogP contribution in [0.1, 0.15) is 0 Å². The van der Waals surface area contributed by atoms with E-state index in [4.69, 9.17) is 9.88 Å². The molecule has 0 radical (unpaired) electrons. The molecule has 1 rings (SSSR count). The van der Waals surface area contributed by atoms with Crippen LogP contribution < -0.4 is 15.2 Å². The minimum absolute atomic E-state index is 0.0789. The molecule has 0 aliphatic rings. The van der Waals surface area contributed by atoms with Gasteiger partial charge in [0.25, 0.3) is 0 Å². The molecule has 1 amide bonds. The first-order chi connectivity index (χ1) is 7.47. The summed E-state index contributed by atoms with van der Waals surface area (Å²) in [5.41, 5.74) is 0. The van der Waals surface area contributed by atoms with E-state index in [0.29, 0.717) is 5.75 Å². The highest BCUT2D eigenvalue weighted by atomic mass is 32.2. The lowest BCUT2D eigenvalue weighted by molar-refractivity contribution is 0.201. The molecule has 0 saturated heterocycles. The van der Waals surface area contributed by atoms with Crippen molar-refractivity contribution in [3.63, 3.8) is 0 Å². The number of amides is 1. The summed E-state index contributed by atoms with van der Waals surface area (Å²) in [7, 11) is -3.56. The summed E-state index contributed by atoms with van der Waals surface area (Å²) in [5, 5.41) is 7.02. The Hall–Kier alpha value is -1.60. The highest BCUT2D eigenvalue weighted by Crippen LogP contribution is 2.07. The highest BCUT2D eigenvalue weighted by Gasteiger charge is 2.06. The van der Waals surface area contributed by atoms with E-state index in [0.717, 1.165) is 0 Å². The molecular formula is C9H12N2O4S. The molecule has 0 spiro atoms. The van der Waals surface area contributed by atoms with Crippen molar-refractivity contribution < 1.29 is 17.9 Å². The van der Waals surface area contributed by atoms with E-state index in [1.165, 1.54) is 0 Å². The number of nitrogens with one attached hydrogen (secondary N) is 1. The fourth-order valence-electron chi connectivity index (χ4n) is 0.927. The standard InChI is InChI=1S/C9H12N2O4S/c10-16(13,14)7-6-11-9(12)15-8-4-2-1-3-5-8/h1-5H,6-7H2,(H,11,12)(H2,10,13,14). The third kappa shape index (κ3) is 5.32. The Morgan fingerprint density at radius 2 is 1.94 bits per heavy atom. The number of carbonyl (C=O) groups is 1. The Morgan fingerprint density at radius 1 is 1.31 bits per heavy atom. The summed E-state index contributed by atoms with van der Waals surface area (Å²) >= 11 is 0. The topological polar surface area (TPSA) is 98.5 Å². The van der Waals surface area contributed by atoms with Gasteiger partial charge in [-0.2, -0.15) is 0 Å². The first kappa shape index (κ1) is 12.5. The predicted molar refractivity (Wildman–Crippen MR) is 58.4 cm³/mol. The molecule has 0 heterocycles. The van der Waals surface area contributed by atoms with Crippen LogP contribution in [0.2, 0.25) is 0 Å². The van der Waals surface area contributed by atoms with Gasteiger partial charge in [0.1, 0.15) is 5.75 Å². The molecular weight excluding hydrogens is 232 g/mol. The quantitative estimate of drug-likeness (QED) is 0.782. The molecule has 0 bridgehead atoms. The molecule has 6 nitrogen and oxygen atoms in total. The predicted octanol–water partition coefficient (Wildman–Crippen LogP) is 0.0635. The van der Waals surface area contributed by atoms with Crippen LogP contribution in [0.5, 0.6) is 5.75 Å². The van der Waals surface area contributed by atoms with Crippen molar-refractivity contribution in [2.24, 2.45) is 5.14 Å². The molecule has 1 aromatic rings. The van der Waals surface area contributed by atoms with Gasteiger partial charge in [0.2, 0.25) is 10.0 Å². The average Bonchev–Trinajstić information content (AvgIpc) is 2.17. The smallest absolute Gasteiger partial charge is 0.410 e. The van der Waals surface area contributed by atoms with E-state index in [1.807, 2.05) is 0 Å². The summed E-state index contributed by atoms with van der Waals surface area (Å²) in [5.74, 6) is 0.0623. The van der Waals surface area contributed by atoms with E-state index in [9.17, 15) is 13.2 Å². The lowest BCUT2D eigenvalue weighted by atomic mass is 10.3. The number of carbonyl (C=O) groups excluding carboxylic acids is 1. The Kier molecular flexibility index (Phi) is 4.27. The summed E-state index contributed by atoms with van der Waals surface area (Å²) in [4.78, 5) is 11.1. The first-order valence-corrected chi connectivity index (χ1v) is 6.20. The van der Waals surface area contributed by atoms with E-state index in [2.05, 4.69) is 5.32 Å². The number of nitrogens with two attached hydrogens (primary N) is 1. The van der Waals surface area contributed by atoms with Crippen LogP contribution in [-0.4, -0.2) is 26.8 Å². The van der Waals surface area contributed by atoms with Gasteiger partial charge in [0.05, 0.1) is 5.75 Å². The zero-order chi connectivity index (χ0) is 12.0. The second-order valence-electron chi connectivity index (χ2n) is 3.00. The van der Waals surface area contributed by atoms with Crippen LogP contribution in [0.25, 0.3) is 0 Å². The zero-order valence-corrected chi connectivity index (χ0v) is 9.24. The first-order valence-electron chi connectivity index (χ1n) is 4.48. The number of hydrogen-bond acceptors (Lipinski definition) is 4. The van der Waals surface area contributed by atoms with Crippen LogP contribution in [0.3, 0.4) is 0 Å². The van der Waals surface area contributed by atoms with Crippen molar-refractivity contribution in [2.45, 2.75) is 0 Å². The molecule has 0 aromatic heterocycles. The van der Waals surface area contributed by atoms with Crippen molar-refractivity contribution in [3.05, 3.63) is 30.3 Å². The average molecular weight is 244 g/mol. The lowest BCUT2D eigenvalue weighted by Gasteiger charge is -2.05. The molecule has 0 unspecified atom stereocenters. The zero-order valence-electron chi connectivity index (χ0n) is 8.42. The third-order valence-corrected chi connectivity index (χ3v) is 2.38. The number of hydrogen-bond donors (Lipinski definition) is 2. The molecule has 88 valence electrons. The number of para-hydroxylation sites is 1. The van der Waals surface area contributed by atoms with Crippen molar-refractivity contribution in [1.82, 2.24) is 5.32 Å². The number of rotatable bonds is 4. The number of ether oxygens (including phenoxy) is 1. The summed E-state index contributed by atoms with van der Waals surface area (Å²) in [6, 6.07) is 8.43. The maximum Gasteiger partial charge on any atom is 0.412 e. The molecule has 7 heteroatoms. The maximum atomic E-state index is 11.1. The number of benzene rings is 1. The van der Waals surface area contributed by atoms with Gasteiger partial charge in [0.15, 0.2) is 0 Å². The van der Waals surface area contributed by atoms with E-state index in [-0.39, 0.29) is 12.3 Å². The Balaban J connectivity index is 2.32. The lowest BCUT2D eigenvalue weighted by Crippen LogP contribution is -2.33. The van der Waals surface area contributed by atoms with Crippen LogP contribution in [0.4, 0.5) is 4.79 Å². The molecule has 3 N–H and O–H groups in total. The molecule has 0 fully saturated rings. The van der Waals surface area contributed by atoms with E-state index >= 15 is 0 Å². The van der Waals surface area contributed by atoms with Crippen LogP contribution in [-0.2, 0) is 10.0 Å². The Morgan fingerprint density at radius 3 is 2.50 bits per heavy atom. The van der Waals surface area contributed by atoms with Gasteiger partial charge in [-0.15, -0.1) is 0 Å². The molecule has 16 heavy (non-hydrogen) atoms. The number of sulfonamides is 1. The fourth-order valence-corrected chi connectivity index (χ4v) is 1.31. The fraction of sp³-hybridized carbons (Fsp3) is 0.222. The monoisotopic (exact) mass is 244 g/mol. The summed E-state index contributed by atoms with van der Waals surface area (Å²) < 4.78 is 26.0. The van der Waals surface area contributed by atoms with Crippen LogP contribution in [0, 0.1) is 0 Å². The van der Waals surface area contributed by atoms with Gasteiger partial charge in [0, 0.05) is 6.54 Å². The second-order valence-corrected chi connectivity index (χ2v) is 4.73. The number of primary sulfonamides is 1. The van der Waals surface area contributed by atoms with Gasteiger partial charge >= 0.3 is 6.09 Å². The largest absolute Gasteiger partial charge is 0.412 e. The SMILES string of the molecule is NS(=O)(=O)CCNC(=O)Oc1ccccc1. The Bertz CT molecular complexity index is 444. The summed E-state index contributed by atoms with van der Waals surface area (Å²) in [6.45, 7) is -0.0789. The third-order valence-electron chi connectivity index (χ3n) is 1.61.